The lowest BCUT2D eigenvalue weighted by atomic mass is 10.1. The van der Waals surface area contributed by atoms with E-state index in [1.807, 2.05) is 35.7 Å². The van der Waals surface area contributed by atoms with Gasteiger partial charge in [-0.25, -0.2) is 0 Å². The van der Waals surface area contributed by atoms with Crippen molar-refractivity contribution in [3.8, 4) is 0 Å². The van der Waals surface area contributed by atoms with Crippen LogP contribution >= 0.6 is 22.9 Å². The summed E-state index contributed by atoms with van der Waals surface area (Å²) in [7, 11) is 0. The number of hydrogen-bond donors (Lipinski definition) is 0. The van der Waals surface area contributed by atoms with Crippen LogP contribution < -0.4 is 4.90 Å². The smallest absolute Gasteiger partial charge is 0.268 e. The van der Waals surface area contributed by atoms with Gasteiger partial charge in [-0.15, -0.1) is 11.3 Å². The van der Waals surface area contributed by atoms with Crippen LogP contribution in [0.25, 0.3) is 0 Å². The fourth-order valence-electron chi connectivity index (χ4n) is 2.08. The van der Waals surface area contributed by atoms with Crippen molar-refractivity contribution in [1.29, 1.82) is 0 Å². The summed E-state index contributed by atoms with van der Waals surface area (Å²) >= 11 is 7.64. The number of thiophene rings is 1. The molecule has 4 heteroatoms. The van der Waals surface area contributed by atoms with Gasteiger partial charge in [0.2, 0.25) is 0 Å². The molecule has 0 N–H and O–H groups in total. The molecule has 0 saturated heterocycles. The third-order valence-electron chi connectivity index (χ3n) is 2.93. The number of rotatable bonds is 1. The van der Waals surface area contributed by atoms with E-state index >= 15 is 0 Å². The van der Waals surface area contributed by atoms with Crippen molar-refractivity contribution >= 4 is 34.5 Å². The highest BCUT2D eigenvalue weighted by Crippen LogP contribution is 2.31. The number of fused-ring (bicyclic) bond motifs is 1. The summed E-state index contributed by atoms with van der Waals surface area (Å²) in [6, 6.07) is 9.50. The minimum absolute atomic E-state index is 0.0642. The van der Waals surface area contributed by atoms with Crippen LogP contribution in [0.3, 0.4) is 0 Å². The monoisotopic (exact) mass is 263 g/mol. The Morgan fingerprint density at radius 1 is 1.24 bits per heavy atom. The lowest BCUT2D eigenvalue weighted by Crippen LogP contribution is -2.36. The normalized spacial score (nSPS) is 14.9. The van der Waals surface area contributed by atoms with Gasteiger partial charge < -0.3 is 4.90 Å². The van der Waals surface area contributed by atoms with Crippen LogP contribution in [0.1, 0.15) is 15.2 Å². The highest BCUT2D eigenvalue weighted by molar-refractivity contribution is 7.12. The summed E-state index contributed by atoms with van der Waals surface area (Å²) in [5.41, 5.74) is 1.96. The number of halogens is 1. The van der Waals surface area contributed by atoms with Crippen molar-refractivity contribution in [1.82, 2.24) is 0 Å². The average molecular weight is 264 g/mol. The Morgan fingerprint density at radius 2 is 2.06 bits per heavy atom. The second-order valence-electron chi connectivity index (χ2n) is 3.93. The largest absolute Gasteiger partial charge is 0.306 e. The first kappa shape index (κ1) is 10.8. The first-order chi connectivity index (χ1) is 8.27. The molecule has 2 nitrogen and oxygen atoms in total. The second kappa shape index (κ2) is 4.17. The van der Waals surface area contributed by atoms with Crippen LogP contribution in [0, 0.1) is 0 Å². The van der Waals surface area contributed by atoms with Gasteiger partial charge >= 0.3 is 0 Å². The molecule has 0 spiro atoms. The van der Waals surface area contributed by atoms with E-state index in [0.717, 1.165) is 22.5 Å². The molecule has 0 saturated carbocycles. The highest BCUT2D eigenvalue weighted by atomic mass is 35.5. The molecular weight excluding hydrogens is 254 g/mol. The standard InChI is InChI=1S/C13H10ClNOS/c14-10-3-1-2-4-11(10)15-7-5-9-6-8-17-12(9)13(15)16/h1-4,6,8H,5,7H2. The number of amides is 1. The Morgan fingerprint density at radius 3 is 2.88 bits per heavy atom. The van der Waals surface area contributed by atoms with Gasteiger partial charge in [0.1, 0.15) is 0 Å². The molecule has 3 rings (SSSR count). The van der Waals surface area contributed by atoms with E-state index in [1.165, 1.54) is 11.3 Å². The molecule has 1 aromatic carbocycles. The summed E-state index contributed by atoms with van der Waals surface area (Å²) in [6.45, 7) is 0.701. The molecule has 0 unspecified atom stereocenters. The van der Waals surface area contributed by atoms with E-state index in [9.17, 15) is 4.79 Å². The van der Waals surface area contributed by atoms with Crippen molar-refractivity contribution in [2.45, 2.75) is 6.42 Å². The van der Waals surface area contributed by atoms with Crippen LogP contribution in [-0.2, 0) is 6.42 Å². The Hall–Kier alpha value is -1.32. The third-order valence-corrected chi connectivity index (χ3v) is 4.20. The fourth-order valence-corrected chi connectivity index (χ4v) is 3.22. The van der Waals surface area contributed by atoms with E-state index in [-0.39, 0.29) is 5.91 Å². The van der Waals surface area contributed by atoms with E-state index in [0.29, 0.717) is 11.6 Å². The van der Waals surface area contributed by atoms with Crippen molar-refractivity contribution in [3.05, 3.63) is 51.2 Å². The van der Waals surface area contributed by atoms with Gasteiger partial charge in [-0.1, -0.05) is 23.7 Å². The van der Waals surface area contributed by atoms with Crippen molar-refractivity contribution in [2.24, 2.45) is 0 Å². The Bertz CT molecular complexity index is 578. The zero-order valence-electron chi connectivity index (χ0n) is 9.02. The first-order valence-electron chi connectivity index (χ1n) is 5.40. The summed E-state index contributed by atoms with van der Waals surface area (Å²) in [6.07, 6.45) is 0.899. The molecule has 2 heterocycles. The maximum atomic E-state index is 12.3. The lowest BCUT2D eigenvalue weighted by molar-refractivity contribution is 0.0985. The average Bonchev–Trinajstić information content (AvgIpc) is 2.80. The predicted molar refractivity (Wildman–Crippen MR) is 71.2 cm³/mol. The fraction of sp³-hybridized carbons (Fsp3) is 0.154. The molecule has 17 heavy (non-hydrogen) atoms. The van der Waals surface area contributed by atoms with E-state index in [2.05, 4.69) is 0 Å². The molecule has 2 aromatic rings. The van der Waals surface area contributed by atoms with E-state index < -0.39 is 0 Å². The van der Waals surface area contributed by atoms with Gasteiger partial charge in [0.25, 0.3) is 5.91 Å². The molecule has 1 amide bonds. The van der Waals surface area contributed by atoms with Crippen LogP contribution in [0.4, 0.5) is 5.69 Å². The lowest BCUT2D eigenvalue weighted by Gasteiger charge is -2.27. The van der Waals surface area contributed by atoms with Gasteiger partial charge in [0, 0.05) is 6.54 Å². The number of carbonyl (C=O) groups is 1. The molecule has 1 aromatic heterocycles. The molecule has 1 aliphatic heterocycles. The molecular formula is C13H10ClNOS. The van der Waals surface area contributed by atoms with Gasteiger partial charge in [-0.3, -0.25) is 4.79 Å². The molecule has 86 valence electrons. The zero-order chi connectivity index (χ0) is 11.8. The Labute approximate surface area is 108 Å². The number of nitrogens with zero attached hydrogens (tertiary/aromatic N) is 1. The van der Waals surface area contributed by atoms with Gasteiger partial charge in [-0.2, -0.15) is 0 Å². The van der Waals surface area contributed by atoms with E-state index in [1.54, 1.807) is 4.90 Å². The third kappa shape index (κ3) is 1.75. The minimum atomic E-state index is 0.0642. The maximum absolute atomic E-state index is 12.3. The van der Waals surface area contributed by atoms with Gasteiger partial charge in [-0.05, 0) is 35.6 Å². The molecule has 1 aliphatic rings. The number of anilines is 1. The summed E-state index contributed by atoms with van der Waals surface area (Å²) in [5, 5.41) is 2.60. The molecule has 0 radical (unpaired) electrons. The zero-order valence-corrected chi connectivity index (χ0v) is 10.6. The number of hydrogen-bond acceptors (Lipinski definition) is 2. The quantitative estimate of drug-likeness (QED) is 0.770. The molecule has 0 bridgehead atoms. The topological polar surface area (TPSA) is 20.3 Å². The van der Waals surface area contributed by atoms with Crippen molar-refractivity contribution < 1.29 is 4.79 Å². The Balaban J connectivity index is 2.03. The summed E-state index contributed by atoms with van der Waals surface area (Å²) in [5.74, 6) is 0.0642. The van der Waals surface area contributed by atoms with Crippen LogP contribution in [0.5, 0.6) is 0 Å². The summed E-state index contributed by atoms with van der Waals surface area (Å²) in [4.78, 5) is 14.9. The first-order valence-corrected chi connectivity index (χ1v) is 6.66. The number of benzene rings is 1. The number of carbonyl (C=O) groups excluding carboxylic acids is 1. The van der Waals surface area contributed by atoms with Gasteiger partial charge in [0.05, 0.1) is 15.6 Å². The maximum Gasteiger partial charge on any atom is 0.268 e. The van der Waals surface area contributed by atoms with Crippen LogP contribution in [0.2, 0.25) is 5.02 Å². The summed E-state index contributed by atoms with van der Waals surface area (Å²) < 4.78 is 0. The van der Waals surface area contributed by atoms with Gasteiger partial charge in [0.15, 0.2) is 0 Å². The SMILES string of the molecule is O=C1c2sccc2CCN1c1ccccc1Cl. The van der Waals surface area contributed by atoms with Crippen molar-refractivity contribution in [2.75, 3.05) is 11.4 Å². The Kier molecular flexibility index (Phi) is 2.65. The molecule has 0 fully saturated rings. The van der Waals surface area contributed by atoms with E-state index in [4.69, 9.17) is 11.6 Å². The minimum Gasteiger partial charge on any atom is -0.306 e. The van der Waals surface area contributed by atoms with Crippen LogP contribution in [-0.4, -0.2) is 12.5 Å². The second-order valence-corrected chi connectivity index (χ2v) is 5.26. The van der Waals surface area contributed by atoms with Crippen molar-refractivity contribution in [3.63, 3.8) is 0 Å². The molecule has 0 aliphatic carbocycles. The molecule has 0 atom stereocenters. The highest BCUT2D eigenvalue weighted by Gasteiger charge is 2.27. The number of para-hydroxylation sites is 1. The van der Waals surface area contributed by atoms with Crippen LogP contribution in [0.15, 0.2) is 35.7 Å². The predicted octanol–water partition coefficient (Wildman–Crippen LogP) is 3.60.